The van der Waals surface area contributed by atoms with E-state index in [0.717, 1.165) is 4.47 Å². The van der Waals surface area contributed by atoms with Crippen molar-refractivity contribution < 1.29 is 9.52 Å². The normalized spacial score (nSPS) is 14.3. The Labute approximate surface area is 107 Å². The molecule has 2 aromatic rings. The topological polar surface area (TPSA) is 71.2 Å². The molecule has 0 aromatic carbocycles. The van der Waals surface area contributed by atoms with Crippen LogP contribution in [-0.2, 0) is 5.60 Å². The average molecular weight is 298 g/mol. The van der Waals surface area contributed by atoms with Crippen molar-refractivity contribution in [2.75, 3.05) is 11.9 Å². The molecule has 2 heterocycles. The Morgan fingerprint density at radius 2 is 2.18 bits per heavy atom. The predicted octanol–water partition coefficient (Wildman–Crippen LogP) is 2.15. The monoisotopic (exact) mass is 297 g/mol. The van der Waals surface area contributed by atoms with E-state index in [4.69, 9.17) is 4.42 Å². The SMILES string of the molecule is CC(O)(CNc1ncc(Br)cn1)c1ccco1. The maximum Gasteiger partial charge on any atom is 0.222 e. The summed E-state index contributed by atoms with van der Waals surface area (Å²) in [4.78, 5) is 8.10. The third-order valence-electron chi connectivity index (χ3n) is 2.26. The van der Waals surface area contributed by atoms with Gasteiger partial charge >= 0.3 is 0 Å². The van der Waals surface area contributed by atoms with Gasteiger partial charge in [-0.05, 0) is 35.0 Å². The van der Waals surface area contributed by atoms with Gasteiger partial charge in [0.2, 0.25) is 5.95 Å². The molecule has 0 bridgehead atoms. The third kappa shape index (κ3) is 3.04. The van der Waals surface area contributed by atoms with Crippen molar-refractivity contribution in [2.24, 2.45) is 0 Å². The summed E-state index contributed by atoms with van der Waals surface area (Å²) >= 11 is 3.25. The Hall–Kier alpha value is -1.40. The quantitative estimate of drug-likeness (QED) is 0.905. The van der Waals surface area contributed by atoms with Crippen LogP contribution < -0.4 is 5.32 Å². The number of halogens is 1. The molecule has 5 nitrogen and oxygen atoms in total. The van der Waals surface area contributed by atoms with Crippen LogP contribution >= 0.6 is 15.9 Å². The Balaban J connectivity index is 2.00. The highest BCUT2D eigenvalue weighted by Gasteiger charge is 2.26. The second-order valence-electron chi connectivity index (χ2n) is 3.83. The maximum absolute atomic E-state index is 10.2. The van der Waals surface area contributed by atoms with Gasteiger partial charge in [-0.3, -0.25) is 0 Å². The number of aliphatic hydroxyl groups is 1. The summed E-state index contributed by atoms with van der Waals surface area (Å²) in [5.41, 5.74) is -1.10. The smallest absolute Gasteiger partial charge is 0.222 e. The van der Waals surface area contributed by atoms with Crippen molar-refractivity contribution in [1.29, 1.82) is 0 Å². The van der Waals surface area contributed by atoms with Crippen molar-refractivity contribution in [1.82, 2.24) is 9.97 Å². The molecule has 0 radical (unpaired) electrons. The van der Waals surface area contributed by atoms with Crippen LogP contribution in [0.5, 0.6) is 0 Å². The summed E-state index contributed by atoms with van der Waals surface area (Å²) in [6.45, 7) is 1.93. The Kier molecular flexibility index (Phi) is 3.44. The zero-order valence-electron chi connectivity index (χ0n) is 9.22. The zero-order valence-corrected chi connectivity index (χ0v) is 10.8. The molecule has 0 spiro atoms. The minimum atomic E-state index is -1.10. The highest BCUT2D eigenvalue weighted by Crippen LogP contribution is 2.21. The molecule has 0 fully saturated rings. The number of furan rings is 1. The van der Waals surface area contributed by atoms with Crippen molar-refractivity contribution >= 4 is 21.9 Å². The van der Waals surface area contributed by atoms with E-state index in [9.17, 15) is 5.11 Å². The summed E-state index contributed by atoms with van der Waals surface area (Å²) < 4.78 is 5.97. The number of rotatable bonds is 4. The van der Waals surface area contributed by atoms with Crippen molar-refractivity contribution in [3.63, 3.8) is 0 Å². The number of hydrogen-bond acceptors (Lipinski definition) is 5. The van der Waals surface area contributed by atoms with Gasteiger partial charge in [-0.25, -0.2) is 9.97 Å². The van der Waals surface area contributed by atoms with Crippen molar-refractivity contribution in [3.8, 4) is 0 Å². The first-order valence-electron chi connectivity index (χ1n) is 5.06. The van der Waals surface area contributed by atoms with Gasteiger partial charge in [0.25, 0.3) is 0 Å². The van der Waals surface area contributed by atoms with Gasteiger partial charge in [0, 0.05) is 12.4 Å². The van der Waals surface area contributed by atoms with E-state index in [1.165, 1.54) is 6.26 Å². The second-order valence-corrected chi connectivity index (χ2v) is 4.75. The van der Waals surface area contributed by atoms with Gasteiger partial charge < -0.3 is 14.8 Å². The Bertz CT molecular complexity index is 468. The largest absolute Gasteiger partial charge is 0.466 e. The van der Waals surface area contributed by atoms with E-state index in [1.807, 2.05) is 0 Å². The molecule has 17 heavy (non-hydrogen) atoms. The number of anilines is 1. The molecular formula is C11H12BrN3O2. The lowest BCUT2D eigenvalue weighted by Gasteiger charge is -2.20. The molecule has 0 saturated carbocycles. The van der Waals surface area contributed by atoms with Gasteiger partial charge in [0.1, 0.15) is 11.4 Å². The van der Waals surface area contributed by atoms with Crippen LogP contribution in [0.4, 0.5) is 5.95 Å². The zero-order chi connectivity index (χ0) is 12.3. The van der Waals surface area contributed by atoms with Crippen LogP contribution in [0.15, 0.2) is 39.7 Å². The molecule has 0 aliphatic carbocycles. The van der Waals surface area contributed by atoms with Gasteiger partial charge in [0.05, 0.1) is 17.3 Å². The molecule has 2 aromatic heterocycles. The molecular weight excluding hydrogens is 286 g/mol. The molecule has 0 amide bonds. The molecule has 6 heteroatoms. The number of hydrogen-bond donors (Lipinski definition) is 2. The van der Waals surface area contributed by atoms with E-state index in [0.29, 0.717) is 11.7 Å². The van der Waals surface area contributed by atoms with Crippen LogP contribution in [0.1, 0.15) is 12.7 Å². The number of nitrogens with zero attached hydrogens (tertiary/aromatic N) is 2. The van der Waals surface area contributed by atoms with Crippen LogP contribution in [0.25, 0.3) is 0 Å². The van der Waals surface area contributed by atoms with Crippen molar-refractivity contribution in [2.45, 2.75) is 12.5 Å². The van der Waals surface area contributed by atoms with E-state index in [1.54, 1.807) is 31.5 Å². The van der Waals surface area contributed by atoms with Crippen LogP contribution in [0.2, 0.25) is 0 Å². The van der Waals surface area contributed by atoms with Gasteiger partial charge in [0.15, 0.2) is 0 Å². The van der Waals surface area contributed by atoms with Crippen LogP contribution in [0.3, 0.4) is 0 Å². The fraction of sp³-hybridized carbons (Fsp3) is 0.273. The molecule has 0 saturated heterocycles. The van der Waals surface area contributed by atoms with Gasteiger partial charge in [-0.1, -0.05) is 0 Å². The molecule has 2 rings (SSSR count). The summed E-state index contributed by atoms with van der Waals surface area (Å²) in [7, 11) is 0. The maximum atomic E-state index is 10.2. The van der Waals surface area contributed by atoms with Crippen molar-refractivity contribution in [3.05, 3.63) is 41.0 Å². The minimum Gasteiger partial charge on any atom is -0.466 e. The molecule has 1 atom stereocenters. The first kappa shape index (κ1) is 12.1. The van der Waals surface area contributed by atoms with E-state index in [2.05, 4.69) is 31.2 Å². The molecule has 0 aliphatic rings. The highest BCUT2D eigenvalue weighted by atomic mass is 79.9. The summed E-state index contributed by atoms with van der Waals surface area (Å²) in [5.74, 6) is 0.960. The molecule has 2 N–H and O–H groups in total. The summed E-state index contributed by atoms with van der Waals surface area (Å²) in [5, 5.41) is 13.1. The fourth-order valence-corrected chi connectivity index (χ4v) is 1.53. The fourth-order valence-electron chi connectivity index (χ4n) is 1.33. The van der Waals surface area contributed by atoms with E-state index < -0.39 is 5.60 Å². The number of nitrogens with one attached hydrogen (secondary N) is 1. The second kappa shape index (κ2) is 4.85. The first-order valence-corrected chi connectivity index (χ1v) is 5.85. The van der Waals surface area contributed by atoms with Crippen LogP contribution in [0, 0.1) is 0 Å². The first-order chi connectivity index (χ1) is 8.08. The summed E-state index contributed by atoms with van der Waals surface area (Å²) in [6, 6.07) is 3.46. The van der Waals surface area contributed by atoms with Gasteiger partial charge in [-0.2, -0.15) is 0 Å². The van der Waals surface area contributed by atoms with Gasteiger partial charge in [-0.15, -0.1) is 0 Å². The number of aromatic nitrogens is 2. The Morgan fingerprint density at radius 1 is 1.47 bits per heavy atom. The summed E-state index contributed by atoms with van der Waals surface area (Å²) in [6.07, 6.45) is 4.80. The lowest BCUT2D eigenvalue weighted by atomic mass is 10.0. The third-order valence-corrected chi connectivity index (χ3v) is 2.67. The van der Waals surface area contributed by atoms with Crippen LogP contribution in [-0.4, -0.2) is 21.6 Å². The molecule has 1 unspecified atom stereocenters. The highest BCUT2D eigenvalue weighted by molar-refractivity contribution is 9.10. The Morgan fingerprint density at radius 3 is 2.76 bits per heavy atom. The van der Waals surface area contributed by atoms with E-state index in [-0.39, 0.29) is 6.54 Å². The average Bonchev–Trinajstić information content (AvgIpc) is 2.82. The van der Waals surface area contributed by atoms with E-state index >= 15 is 0 Å². The minimum absolute atomic E-state index is 0.266. The lowest BCUT2D eigenvalue weighted by molar-refractivity contribution is 0.0475. The molecule has 90 valence electrons. The predicted molar refractivity (Wildman–Crippen MR) is 66.5 cm³/mol. The standard InChI is InChI=1S/C11H12BrN3O2/c1-11(16,9-3-2-4-17-9)7-15-10-13-5-8(12)6-14-10/h2-6,16H,7H2,1H3,(H,13,14,15). The lowest BCUT2D eigenvalue weighted by Crippen LogP contribution is -2.30. The molecule has 0 aliphatic heterocycles.